The molecule has 0 atom stereocenters. The lowest BCUT2D eigenvalue weighted by Gasteiger charge is -2.34. The number of rotatable bonds is 9. The van der Waals surface area contributed by atoms with Crippen LogP contribution in [0, 0.1) is 5.82 Å². The fraction of sp³-hybridized carbons (Fsp3) is 0.583. The second-order valence-electron chi connectivity index (χ2n) is 8.44. The van der Waals surface area contributed by atoms with Crippen molar-refractivity contribution in [3.8, 4) is 0 Å². The van der Waals surface area contributed by atoms with Crippen molar-refractivity contribution in [2.75, 3.05) is 44.7 Å². The molecule has 1 aliphatic rings. The summed E-state index contributed by atoms with van der Waals surface area (Å²) in [6.45, 7) is 8.48. The summed E-state index contributed by atoms with van der Waals surface area (Å²) in [5, 5.41) is 3.11. The molecular weight excluding hydrogens is 395 g/mol. The van der Waals surface area contributed by atoms with Gasteiger partial charge < -0.3 is 19.7 Å². The Morgan fingerprint density at radius 1 is 1.06 bits per heavy atom. The Morgan fingerprint density at radius 2 is 1.77 bits per heavy atom. The van der Waals surface area contributed by atoms with Crippen molar-refractivity contribution in [1.29, 1.82) is 0 Å². The molecule has 2 aromatic rings. The van der Waals surface area contributed by atoms with Crippen molar-refractivity contribution >= 4 is 22.5 Å². The van der Waals surface area contributed by atoms with Crippen molar-refractivity contribution in [1.82, 2.24) is 14.8 Å². The SMILES string of the molecule is CCCCCCCNC(=O)c1cn(CC)c2cc(N3CCN(C)CC3)c(F)cc2c1=O. The van der Waals surface area contributed by atoms with Crippen LogP contribution in [-0.4, -0.2) is 55.1 Å². The number of likely N-dealkylation sites (N-methyl/N-ethyl adjacent to an activating group) is 1. The van der Waals surface area contributed by atoms with E-state index < -0.39 is 11.2 Å². The third kappa shape index (κ3) is 5.45. The third-order valence-corrected chi connectivity index (χ3v) is 6.14. The number of hydrogen-bond acceptors (Lipinski definition) is 4. The summed E-state index contributed by atoms with van der Waals surface area (Å²) in [4.78, 5) is 29.9. The van der Waals surface area contributed by atoms with E-state index in [0.717, 1.165) is 45.4 Å². The molecule has 1 aliphatic heterocycles. The molecule has 0 aliphatic carbocycles. The number of carbonyl (C=O) groups excluding carboxylic acids is 1. The molecule has 170 valence electrons. The number of nitrogens with one attached hydrogen (secondary N) is 1. The van der Waals surface area contributed by atoms with E-state index in [1.165, 1.54) is 18.9 Å². The Morgan fingerprint density at radius 3 is 2.45 bits per heavy atom. The molecule has 1 fully saturated rings. The zero-order chi connectivity index (χ0) is 22.4. The van der Waals surface area contributed by atoms with Gasteiger partial charge in [-0.1, -0.05) is 32.6 Å². The highest BCUT2D eigenvalue weighted by atomic mass is 19.1. The molecule has 0 saturated carbocycles. The molecule has 3 rings (SSSR count). The Bertz CT molecular complexity index is 964. The number of pyridine rings is 1. The lowest BCUT2D eigenvalue weighted by Crippen LogP contribution is -2.44. The van der Waals surface area contributed by atoms with Gasteiger partial charge in [0.25, 0.3) is 5.91 Å². The zero-order valence-electron chi connectivity index (χ0n) is 19.0. The number of halogens is 1. The first-order valence-corrected chi connectivity index (χ1v) is 11.5. The van der Waals surface area contributed by atoms with Gasteiger partial charge >= 0.3 is 0 Å². The van der Waals surface area contributed by atoms with Crippen LogP contribution >= 0.6 is 0 Å². The van der Waals surface area contributed by atoms with E-state index in [0.29, 0.717) is 24.3 Å². The first-order valence-electron chi connectivity index (χ1n) is 11.5. The summed E-state index contributed by atoms with van der Waals surface area (Å²) in [6, 6.07) is 3.06. The quantitative estimate of drug-likeness (QED) is 0.618. The number of nitrogens with zero attached hydrogens (tertiary/aromatic N) is 3. The number of anilines is 1. The summed E-state index contributed by atoms with van der Waals surface area (Å²) in [7, 11) is 2.06. The van der Waals surface area contributed by atoms with Gasteiger partial charge in [0.05, 0.1) is 11.2 Å². The van der Waals surface area contributed by atoms with Gasteiger partial charge in [-0.15, -0.1) is 0 Å². The monoisotopic (exact) mass is 430 g/mol. The average Bonchev–Trinajstić information content (AvgIpc) is 2.77. The zero-order valence-corrected chi connectivity index (χ0v) is 19.0. The van der Waals surface area contributed by atoms with Crippen molar-refractivity contribution in [2.24, 2.45) is 0 Å². The molecule has 1 amide bonds. The van der Waals surface area contributed by atoms with Crippen molar-refractivity contribution in [2.45, 2.75) is 52.5 Å². The maximum Gasteiger partial charge on any atom is 0.256 e. The summed E-state index contributed by atoms with van der Waals surface area (Å²) >= 11 is 0. The first kappa shape index (κ1) is 23.3. The minimum absolute atomic E-state index is 0.0784. The molecule has 0 radical (unpaired) electrons. The maximum absolute atomic E-state index is 15.0. The highest BCUT2D eigenvalue weighted by molar-refractivity contribution is 5.97. The lowest BCUT2D eigenvalue weighted by molar-refractivity contribution is 0.0951. The van der Waals surface area contributed by atoms with Crippen LogP contribution in [0.3, 0.4) is 0 Å². The average molecular weight is 431 g/mol. The number of unbranched alkanes of at least 4 members (excludes halogenated alkanes) is 4. The molecule has 6 nitrogen and oxygen atoms in total. The first-order chi connectivity index (χ1) is 15.0. The van der Waals surface area contributed by atoms with Crippen LogP contribution in [0.2, 0.25) is 0 Å². The predicted octanol–water partition coefficient (Wildman–Crippen LogP) is 3.61. The number of hydrogen-bond donors (Lipinski definition) is 1. The van der Waals surface area contributed by atoms with Crippen molar-refractivity contribution in [3.63, 3.8) is 0 Å². The fourth-order valence-corrected chi connectivity index (χ4v) is 4.14. The smallest absolute Gasteiger partial charge is 0.256 e. The third-order valence-electron chi connectivity index (χ3n) is 6.14. The van der Waals surface area contributed by atoms with Gasteiger partial charge in [0.1, 0.15) is 11.4 Å². The van der Waals surface area contributed by atoms with Gasteiger partial charge in [-0.05, 0) is 32.5 Å². The largest absolute Gasteiger partial charge is 0.367 e. The van der Waals surface area contributed by atoms with Crippen molar-refractivity contribution in [3.05, 3.63) is 39.9 Å². The minimum atomic E-state index is -0.412. The van der Waals surface area contributed by atoms with Gasteiger partial charge in [-0.2, -0.15) is 0 Å². The Labute approximate surface area is 184 Å². The molecule has 1 saturated heterocycles. The number of amides is 1. The minimum Gasteiger partial charge on any atom is -0.367 e. The summed E-state index contributed by atoms with van der Waals surface area (Å²) in [5.41, 5.74) is 0.854. The number of fused-ring (bicyclic) bond motifs is 1. The van der Waals surface area contributed by atoms with Crippen LogP contribution in [0.5, 0.6) is 0 Å². The molecule has 0 bridgehead atoms. The van der Waals surface area contributed by atoms with Crippen LogP contribution in [0.4, 0.5) is 10.1 Å². The summed E-state index contributed by atoms with van der Waals surface area (Å²) < 4.78 is 16.9. The lowest BCUT2D eigenvalue weighted by atomic mass is 10.1. The Kier molecular flexibility index (Phi) is 8.07. The topological polar surface area (TPSA) is 57.6 Å². The summed E-state index contributed by atoms with van der Waals surface area (Å²) in [5.74, 6) is -0.793. The molecule has 0 unspecified atom stereocenters. The van der Waals surface area contributed by atoms with E-state index in [9.17, 15) is 14.0 Å². The van der Waals surface area contributed by atoms with E-state index in [-0.39, 0.29) is 16.9 Å². The number of aryl methyl sites for hydroxylation is 1. The molecule has 2 heterocycles. The van der Waals surface area contributed by atoms with Gasteiger partial charge in [0.15, 0.2) is 0 Å². The Hall–Kier alpha value is -2.41. The highest BCUT2D eigenvalue weighted by Crippen LogP contribution is 2.26. The molecular formula is C24H35FN4O2. The van der Waals surface area contributed by atoms with Crippen LogP contribution in [0.25, 0.3) is 10.9 Å². The fourth-order valence-electron chi connectivity index (χ4n) is 4.14. The van der Waals surface area contributed by atoms with E-state index in [1.807, 2.05) is 16.4 Å². The molecule has 1 N–H and O–H groups in total. The standard InChI is InChI=1S/C24H35FN4O2/c1-4-6-7-8-9-10-26-24(31)19-17-28(5-2)21-16-22(20(25)15-18(21)23(19)30)29-13-11-27(3)12-14-29/h15-17H,4-14H2,1-3H3,(H,26,31). The van der Waals surface area contributed by atoms with Crippen LogP contribution in [-0.2, 0) is 6.54 Å². The van der Waals surface area contributed by atoms with E-state index >= 15 is 0 Å². The number of carbonyl (C=O) groups is 1. The second kappa shape index (κ2) is 10.8. The Balaban J connectivity index is 1.85. The van der Waals surface area contributed by atoms with E-state index in [4.69, 9.17) is 0 Å². The predicted molar refractivity (Wildman–Crippen MR) is 125 cm³/mol. The molecule has 1 aromatic carbocycles. The van der Waals surface area contributed by atoms with Crippen molar-refractivity contribution < 1.29 is 9.18 Å². The van der Waals surface area contributed by atoms with Crippen LogP contribution in [0.1, 0.15) is 56.3 Å². The highest BCUT2D eigenvalue weighted by Gasteiger charge is 2.21. The number of piperazine rings is 1. The van der Waals surface area contributed by atoms with E-state index in [2.05, 4.69) is 24.2 Å². The van der Waals surface area contributed by atoms with Gasteiger partial charge in [0, 0.05) is 50.9 Å². The summed E-state index contributed by atoms with van der Waals surface area (Å²) in [6.07, 6.45) is 7.09. The molecule has 1 aromatic heterocycles. The molecule has 0 spiro atoms. The second-order valence-corrected chi connectivity index (χ2v) is 8.44. The van der Waals surface area contributed by atoms with Gasteiger partial charge in [-0.25, -0.2) is 4.39 Å². The maximum atomic E-state index is 15.0. The number of benzene rings is 1. The van der Waals surface area contributed by atoms with Gasteiger partial charge in [0.2, 0.25) is 5.43 Å². The van der Waals surface area contributed by atoms with Crippen LogP contribution in [0.15, 0.2) is 23.1 Å². The molecule has 31 heavy (non-hydrogen) atoms. The number of aromatic nitrogens is 1. The van der Waals surface area contributed by atoms with Gasteiger partial charge in [-0.3, -0.25) is 9.59 Å². The molecule has 7 heteroatoms. The van der Waals surface area contributed by atoms with E-state index in [1.54, 1.807) is 12.3 Å². The normalized spacial score (nSPS) is 14.9. The van der Waals surface area contributed by atoms with Crippen LogP contribution < -0.4 is 15.6 Å².